The van der Waals surface area contributed by atoms with E-state index in [1.807, 2.05) is 0 Å². The van der Waals surface area contributed by atoms with Crippen molar-refractivity contribution in [3.63, 3.8) is 0 Å². The molecule has 0 aromatic carbocycles. The summed E-state index contributed by atoms with van der Waals surface area (Å²) in [6.07, 6.45) is -0.525. The van der Waals surface area contributed by atoms with Crippen molar-refractivity contribution in [2.45, 2.75) is 32.4 Å². The van der Waals surface area contributed by atoms with Crippen molar-refractivity contribution in [2.24, 2.45) is 0 Å². The van der Waals surface area contributed by atoms with E-state index in [4.69, 9.17) is 9.47 Å². The van der Waals surface area contributed by atoms with Gasteiger partial charge in [0.05, 0.1) is 30.5 Å². The first-order chi connectivity index (χ1) is 9.96. The van der Waals surface area contributed by atoms with Crippen molar-refractivity contribution in [1.29, 1.82) is 0 Å². The van der Waals surface area contributed by atoms with Gasteiger partial charge in [-0.1, -0.05) is 0 Å². The molecule has 0 radical (unpaired) electrons. The summed E-state index contributed by atoms with van der Waals surface area (Å²) in [5.41, 5.74) is 0.0993. The lowest BCUT2D eigenvalue weighted by Crippen LogP contribution is -2.96. The molecule has 1 atom stereocenters. The van der Waals surface area contributed by atoms with Crippen LogP contribution < -0.4 is 15.0 Å². The van der Waals surface area contributed by atoms with E-state index in [1.54, 1.807) is 0 Å². The SMILES string of the molecule is CC(C)(C)[NH2+]CC(O)COc1nsnc1N1CCOCC1. The number of ether oxygens (including phenoxy) is 2. The van der Waals surface area contributed by atoms with Crippen LogP contribution in [-0.4, -0.2) is 65.0 Å². The van der Waals surface area contributed by atoms with E-state index in [1.165, 1.54) is 0 Å². The van der Waals surface area contributed by atoms with Gasteiger partial charge in [-0.3, -0.25) is 0 Å². The average molecular weight is 317 g/mol. The predicted octanol–water partition coefficient (Wildman–Crippen LogP) is -0.524. The number of aromatic nitrogens is 2. The molecule has 1 saturated heterocycles. The highest BCUT2D eigenvalue weighted by Crippen LogP contribution is 2.26. The van der Waals surface area contributed by atoms with Gasteiger partial charge in [-0.05, 0) is 20.8 Å². The highest BCUT2D eigenvalue weighted by atomic mass is 32.1. The topological polar surface area (TPSA) is 84.3 Å². The van der Waals surface area contributed by atoms with Gasteiger partial charge in [-0.25, -0.2) is 0 Å². The molecule has 1 unspecified atom stereocenters. The van der Waals surface area contributed by atoms with Crippen LogP contribution in [0.25, 0.3) is 0 Å². The number of morpholine rings is 1. The summed E-state index contributed by atoms with van der Waals surface area (Å²) >= 11 is 1.13. The van der Waals surface area contributed by atoms with Crippen molar-refractivity contribution in [2.75, 3.05) is 44.4 Å². The molecule has 1 aromatic heterocycles. The van der Waals surface area contributed by atoms with E-state index in [2.05, 4.69) is 39.7 Å². The van der Waals surface area contributed by atoms with E-state index in [0.717, 1.165) is 30.6 Å². The molecule has 0 amide bonds. The van der Waals surface area contributed by atoms with Gasteiger partial charge < -0.3 is 24.8 Å². The van der Waals surface area contributed by atoms with Gasteiger partial charge >= 0.3 is 0 Å². The Morgan fingerprint density at radius 2 is 2.10 bits per heavy atom. The van der Waals surface area contributed by atoms with Gasteiger partial charge in [0.2, 0.25) is 5.82 Å². The summed E-state index contributed by atoms with van der Waals surface area (Å²) in [7, 11) is 0. The Labute approximate surface area is 129 Å². The largest absolute Gasteiger partial charge is 0.471 e. The standard InChI is InChI=1S/C13H24N4O3S/c1-13(2,3)14-8-10(18)9-20-12-11(15-21-16-12)17-4-6-19-7-5-17/h10,14,18H,4-9H2,1-3H3/p+1. The summed E-state index contributed by atoms with van der Waals surface area (Å²) in [4.78, 5) is 2.11. The maximum absolute atomic E-state index is 9.98. The molecule has 21 heavy (non-hydrogen) atoms. The molecule has 2 rings (SSSR count). The van der Waals surface area contributed by atoms with Crippen molar-refractivity contribution in [3.8, 4) is 5.88 Å². The van der Waals surface area contributed by atoms with Crippen LogP contribution >= 0.6 is 11.7 Å². The number of hydrogen-bond acceptors (Lipinski definition) is 7. The first-order valence-corrected chi connectivity index (χ1v) is 7.99. The van der Waals surface area contributed by atoms with Gasteiger partial charge in [0, 0.05) is 13.1 Å². The summed E-state index contributed by atoms with van der Waals surface area (Å²) in [5.74, 6) is 1.27. The summed E-state index contributed by atoms with van der Waals surface area (Å²) in [6, 6.07) is 0. The molecule has 0 saturated carbocycles. The molecule has 8 heteroatoms. The van der Waals surface area contributed by atoms with Gasteiger partial charge in [0.15, 0.2) is 0 Å². The molecule has 1 fully saturated rings. The van der Waals surface area contributed by atoms with Crippen LogP contribution in [-0.2, 0) is 4.74 Å². The molecule has 7 nitrogen and oxygen atoms in total. The summed E-state index contributed by atoms with van der Waals surface area (Å²) < 4.78 is 19.4. The Hall–Kier alpha value is -0.960. The summed E-state index contributed by atoms with van der Waals surface area (Å²) in [5, 5.41) is 12.1. The molecule has 1 aromatic rings. The van der Waals surface area contributed by atoms with Crippen LogP contribution in [0.15, 0.2) is 0 Å². The molecule has 0 bridgehead atoms. The van der Waals surface area contributed by atoms with Crippen LogP contribution in [0.4, 0.5) is 5.82 Å². The fourth-order valence-corrected chi connectivity index (χ4v) is 2.49. The zero-order valence-electron chi connectivity index (χ0n) is 12.9. The number of quaternary nitrogens is 1. The number of anilines is 1. The van der Waals surface area contributed by atoms with Gasteiger partial charge in [0.1, 0.15) is 19.3 Å². The zero-order chi connectivity index (χ0) is 15.3. The van der Waals surface area contributed by atoms with Crippen LogP contribution in [0, 0.1) is 0 Å². The smallest absolute Gasteiger partial charge is 0.270 e. The minimum atomic E-state index is -0.525. The first kappa shape index (κ1) is 16.4. The maximum Gasteiger partial charge on any atom is 0.270 e. The Morgan fingerprint density at radius 1 is 1.38 bits per heavy atom. The van der Waals surface area contributed by atoms with Gasteiger partial charge in [-0.15, -0.1) is 4.37 Å². The Morgan fingerprint density at radius 3 is 2.76 bits per heavy atom. The van der Waals surface area contributed by atoms with Crippen LogP contribution in [0.3, 0.4) is 0 Å². The van der Waals surface area contributed by atoms with Gasteiger partial charge in [-0.2, -0.15) is 4.37 Å². The van der Waals surface area contributed by atoms with E-state index in [9.17, 15) is 5.11 Å². The number of rotatable bonds is 6. The lowest BCUT2D eigenvalue weighted by Gasteiger charge is -2.27. The molecule has 0 spiro atoms. The highest BCUT2D eigenvalue weighted by Gasteiger charge is 2.21. The van der Waals surface area contributed by atoms with Crippen molar-refractivity contribution < 1.29 is 19.9 Å². The molecule has 120 valence electrons. The highest BCUT2D eigenvalue weighted by molar-refractivity contribution is 6.99. The Bertz CT molecular complexity index is 429. The molecule has 2 heterocycles. The number of aliphatic hydroxyl groups excluding tert-OH is 1. The second-order valence-corrected chi connectivity index (χ2v) is 6.79. The lowest BCUT2D eigenvalue weighted by molar-refractivity contribution is -0.722. The molecule has 1 aliphatic heterocycles. The zero-order valence-corrected chi connectivity index (χ0v) is 13.7. The third kappa shape index (κ3) is 5.39. The van der Waals surface area contributed by atoms with Crippen LogP contribution in [0.2, 0.25) is 0 Å². The Balaban J connectivity index is 1.82. The average Bonchev–Trinajstić information content (AvgIpc) is 2.91. The normalized spacial score (nSPS) is 17.8. The lowest BCUT2D eigenvalue weighted by atomic mass is 10.1. The van der Waals surface area contributed by atoms with E-state index >= 15 is 0 Å². The second-order valence-electron chi connectivity index (χ2n) is 6.26. The van der Waals surface area contributed by atoms with E-state index in [0.29, 0.717) is 25.6 Å². The van der Waals surface area contributed by atoms with Gasteiger partial charge in [0.25, 0.3) is 5.88 Å². The Kier molecular flexibility index (Phi) is 5.74. The molecular weight excluding hydrogens is 292 g/mol. The fourth-order valence-electron chi connectivity index (χ4n) is 1.97. The monoisotopic (exact) mass is 317 g/mol. The fraction of sp³-hybridized carbons (Fsp3) is 0.846. The second kappa shape index (κ2) is 7.35. The van der Waals surface area contributed by atoms with Crippen molar-refractivity contribution in [3.05, 3.63) is 0 Å². The first-order valence-electron chi connectivity index (χ1n) is 7.26. The third-order valence-corrected chi connectivity index (χ3v) is 3.67. The minimum absolute atomic E-state index is 0.0993. The molecular formula is C13H25N4O3S+. The third-order valence-electron chi connectivity index (χ3n) is 3.17. The number of hydrogen-bond donors (Lipinski definition) is 2. The molecule has 0 aliphatic carbocycles. The maximum atomic E-state index is 9.98. The van der Waals surface area contributed by atoms with E-state index in [-0.39, 0.29) is 12.1 Å². The quantitative estimate of drug-likeness (QED) is 0.734. The number of nitrogens with two attached hydrogens (primary N) is 1. The van der Waals surface area contributed by atoms with Crippen LogP contribution in [0.1, 0.15) is 20.8 Å². The number of aliphatic hydroxyl groups is 1. The number of nitrogens with zero attached hydrogens (tertiary/aromatic N) is 3. The minimum Gasteiger partial charge on any atom is -0.471 e. The van der Waals surface area contributed by atoms with Crippen LogP contribution in [0.5, 0.6) is 5.88 Å². The van der Waals surface area contributed by atoms with E-state index < -0.39 is 6.10 Å². The summed E-state index contributed by atoms with van der Waals surface area (Å²) in [6.45, 7) is 10.2. The van der Waals surface area contributed by atoms with Crippen molar-refractivity contribution >= 4 is 17.5 Å². The predicted molar refractivity (Wildman–Crippen MR) is 81.0 cm³/mol. The molecule has 1 aliphatic rings. The van der Waals surface area contributed by atoms with Crippen molar-refractivity contribution in [1.82, 2.24) is 8.75 Å². The molecule has 3 N–H and O–H groups in total.